The lowest BCUT2D eigenvalue weighted by Crippen LogP contribution is -2.12. The Hall–Kier alpha value is -2.56. The van der Waals surface area contributed by atoms with Crippen LogP contribution in [-0.2, 0) is 25.7 Å². The Morgan fingerprint density at radius 1 is 0.524 bits per heavy atom. The summed E-state index contributed by atoms with van der Waals surface area (Å²) in [5, 5.41) is 11.6. The topological polar surface area (TPSA) is 49.8 Å². The van der Waals surface area contributed by atoms with Crippen LogP contribution in [0.1, 0.15) is 99.6 Å². The largest absolute Gasteiger partial charge is 0.384 e. The number of hydrogen-bond donors (Lipinski definition) is 2. The van der Waals surface area contributed by atoms with Crippen LogP contribution < -0.4 is 10.6 Å². The van der Waals surface area contributed by atoms with Gasteiger partial charge in [-0.2, -0.15) is 0 Å². The number of aryl methyl sites for hydroxylation is 2. The summed E-state index contributed by atoms with van der Waals surface area (Å²) in [6.45, 7) is 2.05. The van der Waals surface area contributed by atoms with Gasteiger partial charge >= 0.3 is 0 Å². The lowest BCUT2D eigenvalue weighted by Gasteiger charge is -2.22. The Balaban J connectivity index is 0.895. The summed E-state index contributed by atoms with van der Waals surface area (Å²) in [7, 11) is 0. The van der Waals surface area contributed by atoms with Gasteiger partial charge in [0.15, 0.2) is 0 Å². The van der Waals surface area contributed by atoms with Gasteiger partial charge in [0.25, 0.3) is 0 Å². The summed E-state index contributed by atoms with van der Waals surface area (Å²) < 4.78 is 0. The highest BCUT2D eigenvalue weighted by atomic mass is 35.5. The second-order valence-corrected chi connectivity index (χ2v) is 13.1. The summed E-state index contributed by atoms with van der Waals surface area (Å²) in [4.78, 5) is 9.91. The SMILES string of the molecule is Clc1ccc2c(NCCCCCCCCCCNc3c4c(nc5cc(Cl)ccc35)CCCC4)c3c(nc2c1)CCCC3. The molecule has 0 fully saturated rings. The number of nitrogens with zero attached hydrogens (tertiary/aromatic N) is 2. The van der Waals surface area contributed by atoms with Crippen molar-refractivity contribution in [1.29, 1.82) is 0 Å². The molecule has 2 N–H and O–H groups in total. The molecule has 0 saturated carbocycles. The Kier molecular flexibility index (Phi) is 10.0. The molecule has 2 aliphatic rings. The molecule has 222 valence electrons. The normalized spacial score (nSPS) is 14.6. The van der Waals surface area contributed by atoms with Crippen molar-refractivity contribution in [3.63, 3.8) is 0 Å². The molecule has 2 aromatic heterocycles. The van der Waals surface area contributed by atoms with Gasteiger partial charge in [-0.3, -0.25) is 9.97 Å². The van der Waals surface area contributed by atoms with E-state index >= 15 is 0 Å². The molecular formula is C36H44Cl2N4. The zero-order chi connectivity index (χ0) is 28.7. The molecule has 0 radical (unpaired) electrons. The van der Waals surface area contributed by atoms with Crippen molar-refractivity contribution in [1.82, 2.24) is 9.97 Å². The van der Waals surface area contributed by atoms with Crippen LogP contribution in [0.25, 0.3) is 21.8 Å². The van der Waals surface area contributed by atoms with Crippen molar-refractivity contribution in [3.8, 4) is 0 Å². The highest BCUT2D eigenvalue weighted by molar-refractivity contribution is 6.31. The number of anilines is 2. The molecule has 6 heteroatoms. The number of rotatable bonds is 13. The van der Waals surface area contributed by atoms with E-state index in [9.17, 15) is 0 Å². The van der Waals surface area contributed by atoms with Crippen molar-refractivity contribution in [2.75, 3.05) is 23.7 Å². The van der Waals surface area contributed by atoms with E-state index < -0.39 is 0 Å². The molecule has 4 nitrogen and oxygen atoms in total. The first-order valence-electron chi connectivity index (χ1n) is 16.4. The number of unbranched alkanes of at least 4 members (excludes halogenated alkanes) is 7. The molecule has 0 aliphatic heterocycles. The Morgan fingerprint density at radius 3 is 1.38 bits per heavy atom. The third-order valence-corrected chi connectivity index (χ3v) is 9.63. The highest BCUT2D eigenvalue weighted by Crippen LogP contribution is 2.36. The van der Waals surface area contributed by atoms with E-state index in [-0.39, 0.29) is 0 Å². The maximum Gasteiger partial charge on any atom is 0.0741 e. The Bertz CT molecular complexity index is 1420. The van der Waals surface area contributed by atoms with Crippen LogP contribution >= 0.6 is 23.2 Å². The van der Waals surface area contributed by atoms with Crippen LogP contribution in [-0.4, -0.2) is 23.1 Å². The summed E-state index contributed by atoms with van der Waals surface area (Å²) in [6, 6.07) is 12.3. The zero-order valence-corrected chi connectivity index (χ0v) is 26.4. The molecule has 0 atom stereocenters. The number of benzene rings is 2. The van der Waals surface area contributed by atoms with E-state index in [1.54, 1.807) is 0 Å². The number of pyridine rings is 2. The van der Waals surface area contributed by atoms with Crippen molar-refractivity contribution in [3.05, 3.63) is 69.0 Å². The average molecular weight is 604 g/mol. The van der Waals surface area contributed by atoms with E-state index in [4.69, 9.17) is 33.2 Å². The fourth-order valence-corrected chi connectivity index (χ4v) is 7.27. The fourth-order valence-electron chi connectivity index (χ4n) is 6.94. The molecule has 0 amide bonds. The van der Waals surface area contributed by atoms with Crippen molar-refractivity contribution in [2.24, 2.45) is 0 Å². The maximum atomic E-state index is 6.28. The van der Waals surface area contributed by atoms with Gasteiger partial charge in [-0.05, 0) is 112 Å². The van der Waals surface area contributed by atoms with Crippen molar-refractivity contribution in [2.45, 2.75) is 103 Å². The van der Waals surface area contributed by atoms with E-state index in [0.29, 0.717) is 0 Å². The quantitative estimate of drug-likeness (QED) is 0.149. The van der Waals surface area contributed by atoms with Gasteiger partial charge in [-0.1, -0.05) is 61.7 Å². The van der Waals surface area contributed by atoms with Crippen molar-refractivity contribution >= 4 is 56.4 Å². The number of aromatic nitrogens is 2. The summed E-state index contributed by atoms with van der Waals surface area (Å²) in [5.41, 5.74) is 10.1. The second kappa shape index (κ2) is 14.3. The van der Waals surface area contributed by atoms with Gasteiger partial charge in [-0.25, -0.2) is 0 Å². The van der Waals surface area contributed by atoms with Crippen LogP contribution in [0, 0.1) is 0 Å². The molecule has 4 aromatic rings. The molecule has 2 aliphatic carbocycles. The molecule has 2 aromatic carbocycles. The monoisotopic (exact) mass is 602 g/mol. The third-order valence-electron chi connectivity index (χ3n) is 9.16. The summed E-state index contributed by atoms with van der Waals surface area (Å²) in [5.74, 6) is 0. The molecule has 42 heavy (non-hydrogen) atoms. The van der Waals surface area contributed by atoms with Crippen LogP contribution in [0.5, 0.6) is 0 Å². The highest BCUT2D eigenvalue weighted by Gasteiger charge is 2.19. The fraction of sp³-hybridized carbons (Fsp3) is 0.500. The molecule has 0 unspecified atom stereocenters. The van der Waals surface area contributed by atoms with E-state index in [1.165, 1.54) is 122 Å². The number of hydrogen-bond acceptors (Lipinski definition) is 4. The van der Waals surface area contributed by atoms with Gasteiger partial charge in [-0.15, -0.1) is 0 Å². The summed E-state index contributed by atoms with van der Waals surface area (Å²) in [6.07, 6.45) is 19.7. The van der Waals surface area contributed by atoms with Crippen LogP contribution in [0.4, 0.5) is 11.4 Å². The number of halogens is 2. The molecule has 0 bridgehead atoms. The third kappa shape index (κ3) is 6.97. The molecule has 0 spiro atoms. The van der Waals surface area contributed by atoms with Crippen LogP contribution in [0.15, 0.2) is 36.4 Å². The van der Waals surface area contributed by atoms with Crippen LogP contribution in [0.3, 0.4) is 0 Å². The smallest absolute Gasteiger partial charge is 0.0741 e. The first-order chi connectivity index (χ1) is 20.7. The predicted octanol–water partition coefficient (Wildman–Crippen LogP) is 10.5. The van der Waals surface area contributed by atoms with E-state index in [1.807, 2.05) is 24.3 Å². The lowest BCUT2D eigenvalue weighted by atomic mass is 9.92. The molecule has 6 rings (SSSR count). The van der Waals surface area contributed by atoms with Gasteiger partial charge < -0.3 is 10.6 Å². The first-order valence-corrected chi connectivity index (χ1v) is 17.1. The van der Waals surface area contributed by atoms with Gasteiger partial charge in [0.1, 0.15) is 0 Å². The van der Waals surface area contributed by atoms with Crippen molar-refractivity contribution < 1.29 is 0 Å². The Morgan fingerprint density at radius 2 is 0.929 bits per heavy atom. The van der Waals surface area contributed by atoms with E-state index in [2.05, 4.69) is 22.8 Å². The maximum absolute atomic E-state index is 6.28. The summed E-state index contributed by atoms with van der Waals surface area (Å²) >= 11 is 12.6. The minimum Gasteiger partial charge on any atom is -0.384 e. The first kappa shape index (κ1) is 29.5. The van der Waals surface area contributed by atoms with Gasteiger partial charge in [0.05, 0.1) is 11.0 Å². The zero-order valence-electron chi connectivity index (χ0n) is 24.8. The standard InChI is InChI=1S/C36H44Cl2N4/c37-25-17-19-29-33(23-25)41-31-15-9-7-13-27(31)35(29)39-21-11-5-3-1-2-4-6-12-22-40-36-28-14-8-10-16-32(28)42-34-24-26(38)18-20-30(34)36/h17-20,23-24H,1-16,21-22H2,(H,39,41)(H,40,42). The lowest BCUT2D eigenvalue weighted by molar-refractivity contribution is 0.577. The minimum absolute atomic E-state index is 0.764. The molecule has 0 saturated heterocycles. The van der Waals surface area contributed by atoms with E-state index in [0.717, 1.165) is 59.9 Å². The molecular weight excluding hydrogens is 559 g/mol. The van der Waals surface area contributed by atoms with Crippen LogP contribution in [0.2, 0.25) is 10.0 Å². The molecule has 2 heterocycles. The number of fused-ring (bicyclic) bond motifs is 4. The number of nitrogens with one attached hydrogen (secondary N) is 2. The predicted molar refractivity (Wildman–Crippen MR) is 181 cm³/mol. The minimum atomic E-state index is 0.764. The second-order valence-electron chi connectivity index (χ2n) is 12.2. The van der Waals surface area contributed by atoms with Gasteiger partial charge in [0, 0.05) is 56.7 Å². The Labute approximate surface area is 261 Å². The van der Waals surface area contributed by atoms with Gasteiger partial charge in [0.2, 0.25) is 0 Å². The average Bonchev–Trinajstić information content (AvgIpc) is 3.00.